The highest BCUT2D eigenvalue weighted by Crippen LogP contribution is 2.39. The molecule has 14 heteroatoms. The highest BCUT2D eigenvalue weighted by Gasteiger charge is 2.38. The lowest BCUT2D eigenvalue weighted by Crippen LogP contribution is -2.41. The Morgan fingerprint density at radius 3 is 2.38 bits per heavy atom. The molecule has 2 atom stereocenters. The molecule has 1 fully saturated rings. The van der Waals surface area contributed by atoms with Crippen LogP contribution in [0, 0.1) is 11.6 Å². The average molecular weight is 548 g/mol. The molecule has 2 aromatic carbocycles. The first kappa shape index (κ1) is 26.0. The Labute approximate surface area is 216 Å². The van der Waals surface area contributed by atoms with E-state index in [2.05, 4.69) is 15.4 Å². The first-order valence-corrected chi connectivity index (χ1v) is 11.4. The minimum atomic E-state index is -4.86. The first-order valence-electron chi connectivity index (χ1n) is 11.4. The number of nitrogens with zero attached hydrogens (tertiary/aromatic N) is 4. The number of likely N-dealkylation sites (tertiary alicyclic amines) is 1. The van der Waals surface area contributed by atoms with Crippen LogP contribution in [0.4, 0.5) is 32.2 Å². The first-order chi connectivity index (χ1) is 18.4. The molecular formula is C25H18F6N6O2. The number of halogens is 6. The zero-order valence-corrected chi connectivity index (χ0v) is 19.7. The van der Waals surface area contributed by atoms with Gasteiger partial charge >= 0.3 is 6.18 Å². The number of anilines is 1. The molecule has 5 rings (SSSR count). The van der Waals surface area contributed by atoms with Gasteiger partial charge in [0.15, 0.2) is 5.82 Å². The number of aromatic nitrogens is 3. The van der Waals surface area contributed by atoms with Gasteiger partial charge in [-0.3, -0.25) is 9.59 Å². The second-order valence-electron chi connectivity index (χ2n) is 8.85. The van der Waals surface area contributed by atoms with Crippen LogP contribution in [0.15, 0.2) is 54.9 Å². The number of carbonyl (C=O) groups is 2. The van der Waals surface area contributed by atoms with Crippen LogP contribution in [0.2, 0.25) is 0 Å². The lowest BCUT2D eigenvalue weighted by molar-refractivity contribution is -0.136. The van der Waals surface area contributed by atoms with E-state index in [1.807, 2.05) is 0 Å². The number of nitrogens with one attached hydrogen (secondary N) is 1. The van der Waals surface area contributed by atoms with Gasteiger partial charge in [0.2, 0.25) is 0 Å². The van der Waals surface area contributed by atoms with Crippen LogP contribution >= 0.6 is 0 Å². The maximum atomic E-state index is 14.8. The zero-order valence-electron chi connectivity index (χ0n) is 19.7. The molecule has 1 aliphatic rings. The number of amides is 2. The summed E-state index contributed by atoms with van der Waals surface area (Å²) in [5.74, 6) is -3.37. The molecule has 2 amide bonds. The van der Waals surface area contributed by atoms with Crippen LogP contribution in [-0.4, -0.2) is 56.6 Å². The highest BCUT2D eigenvalue weighted by atomic mass is 19.4. The van der Waals surface area contributed by atoms with Gasteiger partial charge in [0.25, 0.3) is 11.8 Å². The molecule has 0 unspecified atom stereocenters. The summed E-state index contributed by atoms with van der Waals surface area (Å²) >= 11 is 0. The Morgan fingerprint density at radius 2 is 1.69 bits per heavy atom. The molecule has 0 aliphatic carbocycles. The van der Waals surface area contributed by atoms with E-state index in [9.17, 15) is 35.9 Å². The van der Waals surface area contributed by atoms with Crippen molar-refractivity contribution in [3.8, 4) is 11.3 Å². The number of hydrogen-bond acceptors (Lipinski definition) is 5. The topological polar surface area (TPSA) is 106 Å². The van der Waals surface area contributed by atoms with Crippen molar-refractivity contribution in [2.24, 2.45) is 0 Å². The fourth-order valence-electron chi connectivity index (χ4n) is 4.43. The fourth-order valence-corrected chi connectivity index (χ4v) is 4.43. The third kappa shape index (κ3) is 4.84. The average Bonchev–Trinajstić information content (AvgIpc) is 3.46. The molecule has 39 heavy (non-hydrogen) atoms. The van der Waals surface area contributed by atoms with Gasteiger partial charge in [-0.1, -0.05) is 0 Å². The Hall–Kier alpha value is -4.62. The standard InChI is InChI=1S/C25H18F6N6O2/c26-14-4-1-12(2-5-14)24(39)36-9-18(28)19(10-36)35-23(38)13-3-6-17(27)15(7-13)20-8-16(25(29,30)31)21-22(32)33-11-34-37(20)21/h1-8,11,18-19H,9-10H2,(H,35,38)(H2,32,33,34)/t18-,19+/m0/s1. The molecule has 0 radical (unpaired) electrons. The number of nitrogen functional groups attached to an aromatic ring is 1. The number of alkyl halides is 4. The van der Waals surface area contributed by atoms with Crippen molar-refractivity contribution in [2.75, 3.05) is 18.8 Å². The molecular weight excluding hydrogens is 530 g/mol. The quantitative estimate of drug-likeness (QED) is 0.377. The zero-order chi connectivity index (χ0) is 28.1. The smallest absolute Gasteiger partial charge is 0.382 e. The van der Waals surface area contributed by atoms with E-state index in [1.165, 1.54) is 12.1 Å². The second-order valence-corrected chi connectivity index (χ2v) is 8.85. The molecule has 0 saturated carbocycles. The van der Waals surface area contributed by atoms with Crippen LogP contribution < -0.4 is 11.1 Å². The number of carbonyl (C=O) groups excluding carboxylic acids is 2. The van der Waals surface area contributed by atoms with E-state index >= 15 is 0 Å². The lowest BCUT2D eigenvalue weighted by Gasteiger charge is -2.17. The van der Waals surface area contributed by atoms with Gasteiger partial charge in [-0.15, -0.1) is 0 Å². The molecule has 4 aromatic rings. The lowest BCUT2D eigenvalue weighted by atomic mass is 10.1. The van der Waals surface area contributed by atoms with Gasteiger partial charge < -0.3 is 16.0 Å². The van der Waals surface area contributed by atoms with Crippen molar-refractivity contribution >= 4 is 23.1 Å². The summed E-state index contributed by atoms with van der Waals surface area (Å²) in [6.07, 6.45) is -5.59. The SMILES string of the molecule is Nc1ncnn2c(-c3cc(C(=O)N[C@@H]4CN(C(=O)c5ccc(F)cc5)C[C@@H]4F)ccc3F)cc(C(F)(F)F)c12. The minimum Gasteiger partial charge on any atom is -0.382 e. The van der Waals surface area contributed by atoms with Gasteiger partial charge in [0, 0.05) is 23.2 Å². The molecule has 1 saturated heterocycles. The van der Waals surface area contributed by atoms with E-state index in [0.29, 0.717) is 6.07 Å². The van der Waals surface area contributed by atoms with Gasteiger partial charge in [-0.05, 0) is 48.5 Å². The van der Waals surface area contributed by atoms with Gasteiger partial charge in [-0.2, -0.15) is 18.3 Å². The third-order valence-electron chi connectivity index (χ3n) is 6.34. The summed E-state index contributed by atoms with van der Waals surface area (Å²) in [6.45, 7) is -0.515. The van der Waals surface area contributed by atoms with Crippen molar-refractivity contribution in [1.82, 2.24) is 24.8 Å². The van der Waals surface area contributed by atoms with Crippen LogP contribution in [0.25, 0.3) is 16.8 Å². The van der Waals surface area contributed by atoms with E-state index in [1.54, 1.807) is 0 Å². The van der Waals surface area contributed by atoms with Crippen LogP contribution in [-0.2, 0) is 6.18 Å². The number of fused-ring (bicyclic) bond motifs is 1. The van der Waals surface area contributed by atoms with Crippen molar-refractivity contribution in [3.05, 3.63) is 83.2 Å². The van der Waals surface area contributed by atoms with Crippen molar-refractivity contribution in [3.63, 3.8) is 0 Å². The van der Waals surface area contributed by atoms with Gasteiger partial charge in [0.1, 0.15) is 29.7 Å². The van der Waals surface area contributed by atoms with E-state index in [-0.39, 0.29) is 35.5 Å². The summed E-state index contributed by atoms with van der Waals surface area (Å²) in [5.41, 5.74) is 3.11. The Morgan fingerprint density at radius 1 is 1.00 bits per heavy atom. The molecule has 2 aromatic heterocycles. The van der Waals surface area contributed by atoms with Crippen LogP contribution in [0.3, 0.4) is 0 Å². The fraction of sp³-hybridized carbons (Fsp3) is 0.200. The third-order valence-corrected chi connectivity index (χ3v) is 6.34. The molecule has 202 valence electrons. The van der Waals surface area contributed by atoms with Crippen LogP contribution in [0.1, 0.15) is 26.3 Å². The maximum absolute atomic E-state index is 14.8. The molecule has 3 N–H and O–H groups in total. The van der Waals surface area contributed by atoms with E-state index < -0.39 is 58.7 Å². The van der Waals surface area contributed by atoms with E-state index in [0.717, 1.165) is 46.1 Å². The number of rotatable bonds is 4. The van der Waals surface area contributed by atoms with Crippen molar-refractivity contribution in [1.29, 1.82) is 0 Å². The monoisotopic (exact) mass is 548 g/mol. The summed E-state index contributed by atoms with van der Waals surface area (Å²) < 4.78 is 84.4. The summed E-state index contributed by atoms with van der Waals surface area (Å²) in [7, 11) is 0. The summed E-state index contributed by atoms with van der Waals surface area (Å²) in [6, 6.07) is 7.20. The Bertz CT molecular complexity index is 1590. The molecule has 3 heterocycles. The normalized spacial score (nSPS) is 17.5. The van der Waals surface area contributed by atoms with E-state index in [4.69, 9.17) is 5.73 Å². The predicted octanol–water partition coefficient (Wildman–Crippen LogP) is 3.87. The number of hydrogen-bond donors (Lipinski definition) is 2. The predicted molar refractivity (Wildman–Crippen MR) is 126 cm³/mol. The van der Waals surface area contributed by atoms with Gasteiger partial charge in [-0.25, -0.2) is 22.7 Å². The highest BCUT2D eigenvalue weighted by molar-refractivity contribution is 5.97. The number of nitrogens with two attached hydrogens (primary N) is 1. The Balaban J connectivity index is 1.40. The number of benzene rings is 2. The minimum absolute atomic E-state index is 0.140. The molecule has 0 spiro atoms. The van der Waals surface area contributed by atoms with Crippen LogP contribution in [0.5, 0.6) is 0 Å². The maximum Gasteiger partial charge on any atom is 0.418 e. The molecule has 1 aliphatic heterocycles. The Kier molecular flexibility index (Phi) is 6.40. The van der Waals surface area contributed by atoms with Gasteiger partial charge in [0.05, 0.1) is 23.8 Å². The van der Waals surface area contributed by atoms with Crippen molar-refractivity contribution < 1.29 is 35.9 Å². The summed E-state index contributed by atoms with van der Waals surface area (Å²) in [5, 5.41) is 6.21. The second kappa shape index (κ2) is 9.60. The molecule has 0 bridgehead atoms. The summed E-state index contributed by atoms with van der Waals surface area (Å²) in [4.78, 5) is 30.3. The van der Waals surface area contributed by atoms with Crippen molar-refractivity contribution in [2.45, 2.75) is 18.4 Å². The largest absolute Gasteiger partial charge is 0.418 e. The molecule has 8 nitrogen and oxygen atoms in total.